The number of likely N-dealkylation sites (N-methyl/N-ethyl adjacent to an activating group) is 1. The molecular weight excluding hydrogens is 356 g/mol. The van der Waals surface area contributed by atoms with E-state index in [9.17, 15) is 4.79 Å². The van der Waals surface area contributed by atoms with Crippen LogP contribution < -0.4 is 9.64 Å². The van der Waals surface area contributed by atoms with Gasteiger partial charge < -0.3 is 14.4 Å². The zero-order valence-electron chi connectivity index (χ0n) is 14.7. The van der Waals surface area contributed by atoms with E-state index in [-0.39, 0.29) is 11.1 Å². The molecule has 0 spiro atoms. The summed E-state index contributed by atoms with van der Waals surface area (Å²) in [7, 11) is 3.29. The van der Waals surface area contributed by atoms with Crippen molar-refractivity contribution in [3.8, 4) is 5.75 Å². The Kier molecular flexibility index (Phi) is 5.06. The number of amides is 1. The van der Waals surface area contributed by atoms with Crippen LogP contribution in [0.3, 0.4) is 0 Å². The van der Waals surface area contributed by atoms with E-state index in [1.165, 1.54) is 9.80 Å². The molecule has 25 heavy (non-hydrogen) atoms. The maximum atomic E-state index is 12.3. The van der Waals surface area contributed by atoms with Crippen molar-refractivity contribution in [2.45, 2.75) is 25.2 Å². The zero-order chi connectivity index (χ0) is 18.1. The smallest absolute Gasteiger partial charge is 0.297 e. The number of anilines is 1. The van der Waals surface area contributed by atoms with Crippen LogP contribution in [0.5, 0.6) is 5.75 Å². The third kappa shape index (κ3) is 3.14. The van der Waals surface area contributed by atoms with E-state index in [1.807, 2.05) is 25.1 Å². The molecule has 0 radical (unpaired) electrons. The number of benzene rings is 1. The first-order valence-electron chi connectivity index (χ1n) is 8.08. The lowest BCUT2D eigenvalue weighted by Gasteiger charge is -2.19. The summed E-state index contributed by atoms with van der Waals surface area (Å²) in [5, 5.41) is 1.26. The Bertz CT molecular complexity index is 802. The predicted octanol–water partition coefficient (Wildman–Crippen LogP) is 3.91. The minimum atomic E-state index is -0.191. The summed E-state index contributed by atoms with van der Waals surface area (Å²) in [6.45, 7) is 4.92. The van der Waals surface area contributed by atoms with Crippen LogP contribution in [0.1, 0.15) is 20.3 Å². The largest absolute Gasteiger partial charge is 0.497 e. The molecule has 0 aliphatic carbocycles. The Hall–Kier alpha value is -1.99. The quantitative estimate of drug-likeness (QED) is 0.586. The molecule has 0 aromatic heterocycles. The normalized spacial score (nSPS) is 20.2. The molecule has 0 unspecified atom stereocenters. The lowest BCUT2D eigenvalue weighted by Crippen LogP contribution is -2.23. The molecule has 2 heterocycles. The Morgan fingerprint density at radius 3 is 2.72 bits per heavy atom. The van der Waals surface area contributed by atoms with Crippen molar-refractivity contribution >= 4 is 40.7 Å². The van der Waals surface area contributed by atoms with Gasteiger partial charge >= 0.3 is 0 Å². The standard InChI is InChI=1S/C18H20N2O3S2/c1-5-11(16-17(21)19(3)18(24)23-16)9-15-20(6-2)13-10-12(22-4)7-8-14(13)25-15/h7-10H,5-6H2,1-4H3. The number of hydrogen-bond acceptors (Lipinski definition) is 6. The second-order valence-corrected chi connectivity index (χ2v) is 7.01. The van der Waals surface area contributed by atoms with Gasteiger partial charge in [-0.2, -0.15) is 0 Å². The molecule has 0 saturated carbocycles. The van der Waals surface area contributed by atoms with Crippen molar-refractivity contribution in [2.24, 2.45) is 0 Å². The second kappa shape index (κ2) is 7.09. The number of thioether (sulfide) groups is 1. The third-order valence-electron chi connectivity index (χ3n) is 4.19. The van der Waals surface area contributed by atoms with Crippen LogP contribution >= 0.6 is 24.0 Å². The average Bonchev–Trinajstić information content (AvgIpc) is 3.10. The highest BCUT2D eigenvalue weighted by molar-refractivity contribution is 8.03. The minimum Gasteiger partial charge on any atom is -0.497 e. The van der Waals surface area contributed by atoms with E-state index in [4.69, 9.17) is 21.7 Å². The van der Waals surface area contributed by atoms with Crippen molar-refractivity contribution in [1.29, 1.82) is 0 Å². The Morgan fingerprint density at radius 2 is 2.16 bits per heavy atom. The first kappa shape index (κ1) is 17.8. The highest BCUT2D eigenvalue weighted by Crippen LogP contribution is 2.47. The summed E-state index contributed by atoms with van der Waals surface area (Å²) < 4.78 is 10.9. The number of carbonyl (C=O) groups excluding carboxylic acids is 1. The highest BCUT2D eigenvalue weighted by Gasteiger charge is 2.33. The van der Waals surface area contributed by atoms with Crippen LogP contribution in [-0.4, -0.2) is 36.7 Å². The number of fused-ring (bicyclic) bond motifs is 1. The van der Waals surface area contributed by atoms with Gasteiger partial charge in [-0.25, -0.2) is 0 Å². The number of ether oxygens (including phenoxy) is 2. The van der Waals surface area contributed by atoms with Gasteiger partial charge in [-0.15, -0.1) is 0 Å². The van der Waals surface area contributed by atoms with E-state index in [2.05, 4.69) is 17.9 Å². The molecule has 2 aliphatic rings. The van der Waals surface area contributed by atoms with Gasteiger partial charge in [-0.05, 0) is 43.8 Å². The molecule has 0 bridgehead atoms. The van der Waals surface area contributed by atoms with Gasteiger partial charge in [-0.1, -0.05) is 18.7 Å². The third-order valence-corrected chi connectivity index (χ3v) is 5.66. The van der Waals surface area contributed by atoms with Crippen LogP contribution in [0.4, 0.5) is 5.69 Å². The van der Waals surface area contributed by atoms with Gasteiger partial charge in [0.1, 0.15) is 5.75 Å². The zero-order valence-corrected chi connectivity index (χ0v) is 16.3. The van der Waals surface area contributed by atoms with E-state index < -0.39 is 0 Å². The fourth-order valence-corrected chi connectivity index (χ4v) is 4.10. The maximum Gasteiger partial charge on any atom is 0.297 e. The first-order chi connectivity index (χ1) is 12.0. The van der Waals surface area contributed by atoms with Crippen LogP contribution in [0.15, 0.2) is 45.5 Å². The Labute approximate surface area is 157 Å². The summed E-state index contributed by atoms with van der Waals surface area (Å²) in [5.74, 6) is 0.964. The number of allylic oxidation sites excluding steroid dienone is 2. The predicted molar refractivity (Wildman–Crippen MR) is 104 cm³/mol. The van der Waals surface area contributed by atoms with Crippen LogP contribution in [0.2, 0.25) is 0 Å². The highest BCUT2D eigenvalue weighted by atomic mass is 32.2. The molecule has 2 aliphatic heterocycles. The van der Waals surface area contributed by atoms with E-state index in [1.54, 1.807) is 25.9 Å². The molecule has 0 atom stereocenters. The monoisotopic (exact) mass is 376 g/mol. The first-order valence-corrected chi connectivity index (χ1v) is 9.30. The summed E-state index contributed by atoms with van der Waals surface area (Å²) in [6.07, 6.45) is 2.70. The molecule has 1 amide bonds. The SMILES string of the molecule is CCC(C=C1Sc2ccc(OC)cc2N1CC)=C1OC(=S)N(C)C1=O. The fourth-order valence-electron chi connectivity index (χ4n) is 2.76. The molecule has 132 valence electrons. The van der Waals surface area contributed by atoms with Gasteiger partial charge in [0, 0.05) is 30.1 Å². The summed E-state index contributed by atoms with van der Waals surface area (Å²) in [5.41, 5.74) is 1.96. The second-order valence-electron chi connectivity index (χ2n) is 5.60. The average molecular weight is 377 g/mol. The summed E-state index contributed by atoms with van der Waals surface area (Å²) in [4.78, 5) is 17.1. The topological polar surface area (TPSA) is 42.0 Å². The van der Waals surface area contributed by atoms with E-state index in [0.29, 0.717) is 12.2 Å². The van der Waals surface area contributed by atoms with Crippen molar-refractivity contribution < 1.29 is 14.3 Å². The molecule has 1 aromatic carbocycles. The van der Waals surface area contributed by atoms with Gasteiger partial charge in [0.25, 0.3) is 11.1 Å². The molecular formula is C18H20N2O3S2. The molecule has 0 N–H and O–H groups in total. The summed E-state index contributed by atoms with van der Waals surface area (Å²) in [6, 6.07) is 6.05. The molecule has 1 fully saturated rings. The van der Waals surface area contributed by atoms with Crippen LogP contribution in [-0.2, 0) is 9.53 Å². The van der Waals surface area contributed by atoms with Crippen molar-refractivity contribution in [2.75, 3.05) is 25.6 Å². The Balaban J connectivity index is 2.00. The number of nitrogens with zero attached hydrogens (tertiary/aromatic N) is 2. The van der Waals surface area contributed by atoms with Crippen molar-refractivity contribution in [1.82, 2.24) is 4.90 Å². The Morgan fingerprint density at radius 1 is 1.40 bits per heavy atom. The van der Waals surface area contributed by atoms with Gasteiger partial charge in [0.2, 0.25) is 0 Å². The molecule has 1 saturated heterocycles. The van der Waals surface area contributed by atoms with E-state index in [0.717, 1.165) is 28.6 Å². The maximum absolute atomic E-state index is 12.3. The molecule has 3 rings (SSSR count). The number of carbonyl (C=O) groups is 1. The fraction of sp³-hybridized carbons (Fsp3) is 0.333. The van der Waals surface area contributed by atoms with Crippen LogP contribution in [0, 0.1) is 0 Å². The van der Waals surface area contributed by atoms with Gasteiger partial charge in [0.05, 0.1) is 17.8 Å². The van der Waals surface area contributed by atoms with E-state index >= 15 is 0 Å². The number of hydrogen-bond donors (Lipinski definition) is 0. The van der Waals surface area contributed by atoms with Crippen molar-refractivity contribution in [3.05, 3.63) is 40.6 Å². The number of thiocarbonyl (C=S) groups is 1. The van der Waals surface area contributed by atoms with Crippen LogP contribution in [0.25, 0.3) is 0 Å². The number of rotatable bonds is 4. The summed E-state index contributed by atoms with van der Waals surface area (Å²) >= 11 is 6.75. The lowest BCUT2D eigenvalue weighted by molar-refractivity contribution is -0.122. The van der Waals surface area contributed by atoms with Gasteiger partial charge in [-0.3, -0.25) is 9.69 Å². The minimum absolute atomic E-state index is 0.191. The number of methoxy groups -OCH3 is 1. The lowest BCUT2D eigenvalue weighted by atomic mass is 10.1. The molecule has 5 nitrogen and oxygen atoms in total. The van der Waals surface area contributed by atoms with Crippen molar-refractivity contribution in [3.63, 3.8) is 0 Å². The molecule has 7 heteroatoms. The van der Waals surface area contributed by atoms with Gasteiger partial charge in [0.15, 0.2) is 5.76 Å². The molecule has 1 aromatic rings.